The Bertz CT molecular complexity index is 442. The number of likely N-dealkylation sites (tertiary alicyclic amines) is 1. The van der Waals surface area contributed by atoms with Crippen molar-refractivity contribution in [3.05, 3.63) is 29.8 Å². The lowest BCUT2D eigenvalue weighted by Crippen LogP contribution is -2.38. The van der Waals surface area contributed by atoms with Gasteiger partial charge in [0.05, 0.1) is 18.8 Å². The van der Waals surface area contributed by atoms with Gasteiger partial charge in [-0.3, -0.25) is 4.79 Å². The number of hydrogen-bond donors (Lipinski definition) is 1. The molecule has 0 bridgehead atoms. The van der Waals surface area contributed by atoms with Gasteiger partial charge in [-0.15, -0.1) is 0 Å². The molecule has 1 saturated heterocycles. The molecule has 4 nitrogen and oxygen atoms in total. The zero-order valence-corrected chi connectivity index (χ0v) is 12.2. The van der Waals surface area contributed by atoms with E-state index in [2.05, 4.69) is 0 Å². The maximum Gasteiger partial charge on any atom is 0.222 e. The van der Waals surface area contributed by atoms with Crippen molar-refractivity contribution in [1.82, 2.24) is 4.90 Å². The van der Waals surface area contributed by atoms with Crippen molar-refractivity contribution in [2.24, 2.45) is 0 Å². The van der Waals surface area contributed by atoms with Crippen LogP contribution in [0.5, 0.6) is 5.75 Å². The molecule has 4 heteroatoms. The van der Waals surface area contributed by atoms with Crippen molar-refractivity contribution < 1.29 is 14.6 Å². The van der Waals surface area contributed by atoms with Crippen LogP contribution >= 0.6 is 0 Å². The summed E-state index contributed by atoms with van der Waals surface area (Å²) in [7, 11) is 0. The van der Waals surface area contributed by atoms with Crippen LogP contribution < -0.4 is 4.74 Å². The van der Waals surface area contributed by atoms with Gasteiger partial charge in [-0.25, -0.2) is 0 Å². The zero-order valence-electron chi connectivity index (χ0n) is 12.2. The Hall–Kier alpha value is -1.55. The van der Waals surface area contributed by atoms with E-state index < -0.39 is 6.10 Å². The minimum atomic E-state index is -0.634. The standard InChI is InChI=1S/C16H23NO3/c1-12(2)20-14-8-6-13(7-9-14)15(18)11-17-10-4-3-5-16(17)19/h6-9,12,15,18H,3-5,10-11H2,1-2H3. The Balaban J connectivity index is 1.94. The number of amides is 1. The molecule has 0 spiro atoms. The molecule has 1 aromatic carbocycles. The van der Waals surface area contributed by atoms with Crippen molar-refractivity contribution in [2.75, 3.05) is 13.1 Å². The van der Waals surface area contributed by atoms with Gasteiger partial charge < -0.3 is 14.7 Å². The number of rotatable bonds is 5. The number of aliphatic hydroxyl groups excluding tert-OH is 1. The van der Waals surface area contributed by atoms with E-state index in [4.69, 9.17) is 4.74 Å². The van der Waals surface area contributed by atoms with Gasteiger partial charge in [0, 0.05) is 13.0 Å². The summed E-state index contributed by atoms with van der Waals surface area (Å²) in [5.74, 6) is 0.945. The second kappa shape index (κ2) is 6.75. The SMILES string of the molecule is CC(C)Oc1ccc(C(O)CN2CCCCC2=O)cc1. The number of carbonyl (C=O) groups is 1. The molecule has 0 saturated carbocycles. The van der Waals surface area contributed by atoms with Gasteiger partial charge >= 0.3 is 0 Å². The summed E-state index contributed by atoms with van der Waals surface area (Å²) in [6.07, 6.45) is 2.10. The summed E-state index contributed by atoms with van der Waals surface area (Å²) in [6.45, 7) is 5.09. The molecule has 1 unspecified atom stereocenters. The van der Waals surface area contributed by atoms with Gasteiger partial charge in [0.2, 0.25) is 5.91 Å². The van der Waals surface area contributed by atoms with Gasteiger partial charge in [0.25, 0.3) is 0 Å². The smallest absolute Gasteiger partial charge is 0.222 e. The fourth-order valence-electron chi connectivity index (χ4n) is 2.41. The molecule has 110 valence electrons. The van der Waals surface area contributed by atoms with Gasteiger partial charge in [0.15, 0.2) is 0 Å². The third-order valence-corrected chi connectivity index (χ3v) is 3.45. The summed E-state index contributed by atoms with van der Waals surface area (Å²) >= 11 is 0. The van der Waals surface area contributed by atoms with Crippen molar-refractivity contribution in [1.29, 1.82) is 0 Å². The minimum absolute atomic E-state index is 0.136. The van der Waals surface area contributed by atoms with E-state index in [1.807, 2.05) is 38.1 Å². The van der Waals surface area contributed by atoms with Gasteiger partial charge in [-0.1, -0.05) is 12.1 Å². The molecule has 1 N–H and O–H groups in total. The van der Waals surface area contributed by atoms with Crippen molar-refractivity contribution >= 4 is 5.91 Å². The first-order chi connectivity index (χ1) is 9.56. The molecule has 0 radical (unpaired) electrons. The number of benzene rings is 1. The van der Waals surface area contributed by atoms with Crippen LogP contribution in [-0.2, 0) is 4.79 Å². The number of hydrogen-bond acceptors (Lipinski definition) is 3. The Labute approximate surface area is 120 Å². The summed E-state index contributed by atoms with van der Waals surface area (Å²) < 4.78 is 5.57. The average Bonchev–Trinajstić information content (AvgIpc) is 2.41. The quantitative estimate of drug-likeness (QED) is 0.899. The van der Waals surface area contributed by atoms with Crippen molar-refractivity contribution in [2.45, 2.75) is 45.3 Å². The summed E-state index contributed by atoms with van der Waals surface area (Å²) in [6, 6.07) is 7.43. The molecule has 2 rings (SSSR count). The molecule has 20 heavy (non-hydrogen) atoms. The molecule has 1 fully saturated rings. The van der Waals surface area contributed by atoms with E-state index in [1.165, 1.54) is 0 Å². The predicted octanol–water partition coefficient (Wildman–Crippen LogP) is 2.52. The first-order valence-electron chi connectivity index (χ1n) is 7.28. The Morgan fingerprint density at radius 2 is 1.95 bits per heavy atom. The monoisotopic (exact) mass is 277 g/mol. The van der Waals surface area contributed by atoms with E-state index in [0.717, 1.165) is 30.7 Å². The lowest BCUT2D eigenvalue weighted by atomic mass is 10.1. The highest BCUT2D eigenvalue weighted by molar-refractivity contribution is 5.76. The normalized spacial score (nSPS) is 17.4. The first kappa shape index (κ1) is 14.9. The van der Waals surface area contributed by atoms with Crippen molar-refractivity contribution in [3.8, 4) is 5.75 Å². The Kier molecular flexibility index (Phi) is 5.01. The van der Waals surface area contributed by atoms with E-state index in [-0.39, 0.29) is 12.0 Å². The predicted molar refractivity (Wildman–Crippen MR) is 77.6 cm³/mol. The maximum absolute atomic E-state index is 11.7. The van der Waals surface area contributed by atoms with E-state index in [1.54, 1.807) is 4.90 Å². The number of piperidine rings is 1. The summed E-state index contributed by atoms with van der Waals surface area (Å²) in [5.41, 5.74) is 0.819. The molecule has 1 heterocycles. The lowest BCUT2D eigenvalue weighted by Gasteiger charge is -2.28. The topological polar surface area (TPSA) is 49.8 Å². The second-order valence-electron chi connectivity index (χ2n) is 5.55. The summed E-state index contributed by atoms with van der Waals surface area (Å²) in [4.78, 5) is 13.5. The molecule has 1 aliphatic heterocycles. The average molecular weight is 277 g/mol. The number of β-amino-alcohol motifs (C(OH)–C–C–N with tert-alkyl or cyclic N) is 1. The fraction of sp³-hybridized carbons (Fsp3) is 0.562. The minimum Gasteiger partial charge on any atom is -0.491 e. The number of ether oxygens (including phenoxy) is 1. The molecular weight excluding hydrogens is 254 g/mol. The number of aliphatic hydroxyl groups is 1. The van der Waals surface area contributed by atoms with Crippen LogP contribution in [0.25, 0.3) is 0 Å². The van der Waals surface area contributed by atoms with Gasteiger partial charge in [-0.05, 0) is 44.4 Å². The number of nitrogens with zero attached hydrogens (tertiary/aromatic N) is 1. The number of carbonyl (C=O) groups excluding carboxylic acids is 1. The largest absolute Gasteiger partial charge is 0.491 e. The van der Waals surface area contributed by atoms with Crippen LogP contribution in [0.4, 0.5) is 0 Å². The zero-order chi connectivity index (χ0) is 14.5. The molecule has 1 aliphatic rings. The van der Waals surface area contributed by atoms with Crippen LogP contribution in [0, 0.1) is 0 Å². The van der Waals surface area contributed by atoms with Crippen LogP contribution in [0.15, 0.2) is 24.3 Å². The highest BCUT2D eigenvalue weighted by Gasteiger charge is 2.21. The van der Waals surface area contributed by atoms with Crippen LogP contribution in [-0.4, -0.2) is 35.1 Å². The van der Waals surface area contributed by atoms with Crippen LogP contribution in [0.1, 0.15) is 44.8 Å². The Morgan fingerprint density at radius 1 is 1.25 bits per heavy atom. The molecule has 0 aromatic heterocycles. The molecule has 1 amide bonds. The van der Waals surface area contributed by atoms with Crippen LogP contribution in [0.3, 0.4) is 0 Å². The molecule has 1 atom stereocenters. The van der Waals surface area contributed by atoms with Crippen LogP contribution in [0.2, 0.25) is 0 Å². The summed E-state index contributed by atoms with van der Waals surface area (Å²) in [5, 5.41) is 10.2. The fourth-order valence-corrected chi connectivity index (χ4v) is 2.41. The molecule has 0 aliphatic carbocycles. The molecule has 1 aromatic rings. The highest BCUT2D eigenvalue weighted by Crippen LogP contribution is 2.21. The molecular formula is C16H23NO3. The van der Waals surface area contributed by atoms with Gasteiger partial charge in [-0.2, -0.15) is 0 Å². The Morgan fingerprint density at radius 3 is 2.55 bits per heavy atom. The van der Waals surface area contributed by atoms with Gasteiger partial charge in [0.1, 0.15) is 5.75 Å². The second-order valence-corrected chi connectivity index (χ2v) is 5.55. The van der Waals surface area contributed by atoms with Crippen molar-refractivity contribution in [3.63, 3.8) is 0 Å². The third kappa shape index (κ3) is 3.97. The van der Waals surface area contributed by atoms with E-state index in [0.29, 0.717) is 13.0 Å². The maximum atomic E-state index is 11.7. The van der Waals surface area contributed by atoms with E-state index >= 15 is 0 Å². The first-order valence-corrected chi connectivity index (χ1v) is 7.28. The van der Waals surface area contributed by atoms with E-state index in [9.17, 15) is 9.90 Å². The highest BCUT2D eigenvalue weighted by atomic mass is 16.5. The lowest BCUT2D eigenvalue weighted by molar-refractivity contribution is -0.134. The third-order valence-electron chi connectivity index (χ3n) is 3.45.